The Kier molecular flexibility index (Phi) is 5.97. The van der Waals surface area contributed by atoms with Crippen LogP contribution < -0.4 is 16.3 Å². The second-order valence-electron chi connectivity index (χ2n) is 6.97. The Morgan fingerprint density at radius 2 is 1.86 bits per heavy atom. The number of esters is 1. The monoisotopic (exact) mass is 394 g/mol. The maximum absolute atomic E-state index is 12.6. The average molecular weight is 394 g/mol. The summed E-state index contributed by atoms with van der Waals surface area (Å²) in [4.78, 5) is 36.4. The van der Waals surface area contributed by atoms with Gasteiger partial charge in [-0.3, -0.25) is 0 Å². The second kappa shape index (κ2) is 8.60. The van der Waals surface area contributed by atoms with Gasteiger partial charge in [-0.1, -0.05) is 24.3 Å². The quantitative estimate of drug-likeness (QED) is 0.504. The van der Waals surface area contributed by atoms with Gasteiger partial charge >= 0.3 is 17.6 Å². The van der Waals surface area contributed by atoms with E-state index in [1.807, 2.05) is 32.9 Å². The van der Waals surface area contributed by atoms with Gasteiger partial charge in [-0.25, -0.2) is 14.4 Å². The number of anilines is 1. The predicted molar refractivity (Wildman–Crippen MR) is 110 cm³/mol. The van der Waals surface area contributed by atoms with E-state index in [-0.39, 0.29) is 18.2 Å². The van der Waals surface area contributed by atoms with Crippen molar-refractivity contribution >= 4 is 28.7 Å². The largest absolute Gasteiger partial charge is 0.457 e. The fourth-order valence-electron chi connectivity index (χ4n) is 2.87. The average Bonchev–Trinajstić information content (AvgIpc) is 2.65. The van der Waals surface area contributed by atoms with Crippen LogP contribution in [0.4, 0.5) is 10.5 Å². The van der Waals surface area contributed by atoms with Crippen LogP contribution in [0.3, 0.4) is 0 Å². The molecule has 0 aliphatic heterocycles. The number of fused-ring (bicyclic) bond motifs is 1. The van der Waals surface area contributed by atoms with Crippen molar-refractivity contribution in [3.63, 3.8) is 0 Å². The van der Waals surface area contributed by atoms with E-state index in [0.29, 0.717) is 22.2 Å². The van der Waals surface area contributed by atoms with Gasteiger partial charge in [-0.2, -0.15) is 0 Å². The predicted octanol–water partition coefficient (Wildman–Crippen LogP) is 3.99. The smallest absolute Gasteiger partial charge is 0.340 e. The van der Waals surface area contributed by atoms with Crippen molar-refractivity contribution in [1.82, 2.24) is 5.32 Å². The molecule has 0 unspecified atom stereocenters. The second-order valence-corrected chi connectivity index (χ2v) is 6.97. The first-order valence-corrected chi connectivity index (χ1v) is 9.20. The number of benzene rings is 2. The lowest BCUT2D eigenvalue weighted by Gasteiger charge is -2.13. The van der Waals surface area contributed by atoms with E-state index in [0.717, 1.165) is 5.56 Å². The SMILES string of the molecule is Cc1ccc2c(COC(=O)c3ccccc3NC(=O)NC(C)C)cc(=O)oc2c1. The lowest BCUT2D eigenvalue weighted by molar-refractivity contribution is 0.0475. The van der Waals surface area contributed by atoms with Crippen molar-refractivity contribution in [2.45, 2.75) is 33.4 Å². The van der Waals surface area contributed by atoms with Gasteiger partial charge in [-0.15, -0.1) is 0 Å². The number of carbonyl (C=O) groups excluding carboxylic acids is 2. The number of para-hydroxylation sites is 1. The highest BCUT2D eigenvalue weighted by Gasteiger charge is 2.16. The Morgan fingerprint density at radius 1 is 1.10 bits per heavy atom. The number of ether oxygens (including phenoxy) is 1. The first-order valence-electron chi connectivity index (χ1n) is 9.20. The maximum Gasteiger partial charge on any atom is 0.340 e. The van der Waals surface area contributed by atoms with Crippen LogP contribution in [0.2, 0.25) is 0 Å². The highest BCUT2D eigenvalue weighted by molar-refractivity contribution is 6.00. The fraction of sp³-hybridized carbons (Fsp3) is 0.227. The Morgan fingerprint density at radius 3 is 2.62 bits per heavy atom. The summed E-state index contributed by atoms with van der Waals surface area (Å²) in [6, 6.07) is 12.9. The summed E-state index contributed by atoms with van der Waals surface area (Å²) in [6.45, 7) is 5.46. The van der Waals surface area contributed by atoms with Gasteiger partial charge in [0, 0.05) is 23.1 Å². The molecule has 0 atom stereocenters. The van der Waals surface area contributed by atoms with E-state index >= 15 is 0 Å². The normalized spacial score (nSPS) is 10.8. The summed E-state index contributed by atoms with van der Waals surface area (Å²) < 4.78 is 10.6. The molecule has 2 aromatic carbocycles. The van der Waals surface area contributed by atoms with Gasteiger partial charge in [0.05, 0.1) is 11.3 Å². The van der Waals surface area contributed by atoms with Crippen LogP contribution >= 0.6 is 0 Å². The van der Waals surface area contributed by atoms with Gasteiger partial charge in [0.1, 0.15) is 12.2 Å². The number of hydrogen-bond acceptors (Lipinski definition) is 5. The molecule has 7 nitrogen and oxygen atoms in total. The van der Waals surface area contributed by atoms with E-state index in [9.17, 15) is 14.4 Å². The molecule has 7 heteroatoms. The van der Waals surface area contributed by atoms with Crippen LogP contribution in [-0.4, -0.2) is 18.0 Å². The van der Waals surface area contributed by atoms with Gasteiger partial charge in [0.2, 0.25) is 0 Å². The summed E-state index contributed by atoms with van der Waals surface area (Å²) in [5.74, 6) is -0.612. The molecule has 1 aromatic heterocycles. The lowest BCUT2D eigenvalue weighted by atomic mass is 10.1. The third-order valence-corrected chi connectivity index (χ3v) is 4.16. The van der Waals surface area contributed by atoms with E-state index in [2.05, 4.69) is 10.6 Å². The lowest BCUT2D eigenvalue weighted by Crippen LogP contribution is -2.34. The van der Waals surface area contributed by atoms with Crippen LogP contribution in [-0.2, 0) is 11.3 Å². The van der Waals surface area contributed by atoms with E-state index in [1.54, 1.807) is 30.3 Å². The van der Waals surface area contributed by atoms with Gasteiger partial charge in [-0.05, 0) is 44.5 Å². The van der Waals surface area contributed by atoms with E-state index in [1.165, 1.54) is 6.07 Å². The number of carbonyl (C=O) groups is 2. The van der Waals surface area contributed by atoms with Gasteiger partial charge in [0.25, 0.3) is 0 Å². The van der Waals surface area contributed by atoms with Crippen molar-refractivity contribution in [3.8, 4) is 0 Å². The van der Waals surface area contributed by atoms with Crippen molar-refractivity contribution in [2.24, 2.45) is 0 Å². The van der Waals surface area contributed by atoms with Crippen molar-refractivity contribution < 1.29 is 18.7 Å². The molecule has 29 heavy (non-hydrogen) atoms. The molecule has 2 amide bonds. The zero-order valence-corrected chi connectivity index (χ0v) is 16.4. The minimum absolute atomic E-state index is 0.0455. The van der Waals surface area contributed by atoms with E-state index < -0.39 is 17.6 Å². The fourth-order valence-corrected chi connectivity index (χ4v) is 2.87. The standard InChI is InChI=1S/C22H22N2O5/c1-13(2)23-22(27)24-18-7-5-4-6-17(18)21(26)28-12-15-11-20(25)29-19-10-14(3)8-9-16(15)19/h4-11,13H,12H2,1-3H3,(H2,23,24,27). The number of nitrogens with one attached hydrogen (secondary N) is 2. The van der Waals surface area contributed by atoms with Crippen molar-refractivity contribution in [1.29, 1.82) is 0 Å². The highest BCUT2D eigenvalue weighted by Crippen LogP contribution is 2.21. The van der Waals surface area contributed by atoms with Crippen molar-refractivity contribution in [3.05, 3.63) is 75.6 Å². The minimum Gasteiger partial charge on any atom is -0.457 e. The first-order chi connectivity index (χ1) is 13.8. The Balaban J connectivity index is 1.79. The number of urea groups is 1. The number of hydrogen-bond donors (Lipinski definition) is 2. The molecule has 150 valence electrons. The van der Waals surface area contributed by atoms with Crippen LogP contribution in [0, 0.1) is 6.92 Å². The number of aryl methyl sites for hydroxylation is 1. The molecule has 0 bridgehead atoms. The third-order valence-electron chi connectivity index (χ3n) is 4.16. The molecule has 1 heterocycles. The molecular weight excluding hydrogens is 372 g/mol. The summed E-state index contributed by atoms with van der Waals surface area (Å²) in [5.41, 5.74) is 1.98. The molecule has 0 radical (unpaired) electrons. The molecule has 3 aromatic rings. The first kappa shape index (κ1) is 20.1. The molecule has 0 aliphatic carbocycles. The molecule has 0 saturated heterocycles. The molecule has 0 saturated carbocycles. The van der Waals surface area contributed by atoms with Crippen LogP contribution in [0.5, 0.6) is 0 Å². The third kappa shape index (κ3) is 5.01. The summed E-state index contributed by atoms with van der Waals surface area (Å²) in [5, 5.41) is 6.05. The topological polar surface area (TPSA) is 97.6 Å². The van der Waals surface area contributed by atoms with Crippen molar-refractivity contribution in [2.75, 3.05) is 5.32 Å². The van der Waals surface area contributed by atoms with Crippen LogP contribution in [0.25, 0.3) is 11.0 Å². The van der Waals surface area contributed by atoms with Crippen LogP contribution in [0.1, 0.15) is 35.3 Å². The van der Waals surface area contributed by atoms with E-state index in [4.69, 9.17) is 9.15 Å². The molecule has 3 rings (SSSR count). The molecule has 2 N–H and O–H groups in total. The summed E-state index contributed by atoms with van der Waals surface area (Å²) in [6.07, 6.45) is 0. The molecule has 0 spiro atoms. The summed E-state index contributed by atoms with van der Waals surface area (Å²) in [7, 11) is 0. The molecular formula is C22H22N2O5. The maximum atomic E-state index is 12.6. The molecule has 0 aliphatic rings. The zero-order valence-electron chi connectivity index (χ0n) is 16.4. The summed E-state index contributed by atoms with van der Waals surface area (Å²) >= 11 is 0. The van der Waals surface area contributed by atoms with Gasteiger partial charge in [0.15, 0.2) is 0 Å². The highest BCUT2D eigenvalue weighted by atomic mass is 16.5. The minimum atomic E-state index is -0.612. The Hall–Kier alpha value is -3.61. The van der Waals surface area contributed by atoms with Crippen LogP contribution in [0.15, 0.2) is 57.7 Å². The Labute approximate surface area is 167 Å². The van der Waals surface area contributed by atoms with Gasteiger partial charge < -0.3 is 19.8 Å². The molecule has 0 fully saturated rings. The number of rotatable bonds is 5. The number of amides is 2. The zero-order chi connectivity index (χ0) is 21.0. The Bertz CT molecular complexity index is 1120.